The third-order valence-corrected chi connectivity index (χ3v) is 6.98. The Kier molecular flexibility index (Phi) is 12.6. The number of aryl methyl sites for hydroxylation is 1. The smallest absolute Gasteiger partial charge is 0.333 e. The molecular weight excluding hydrogens is 556 g/mol. The number of benzene rings is 4. The van der Waals surface area contributed by atoms with Gasteiger partial charge in [-0.2, -0.15) is 0 Å². The number of urea groups is 1. The number of carboxylic acids is 1. The van der Waals surface area contributed by atoms with Gasteiger partial charge in [0, 0.05) is 25.3 Å². The largest absolute Gasteiger partial charge is 0.492 e. The van der Waals surface area contributed by atoms with E-state index in [9.17, 15) is 14.7 Å². The molecule has 2 amide bonds. The van der Waals surface area contributed by atoms with Gasteiger partial charge in [0.1, 0.15) is 23.9 Å². The first-order chi connectivity index (χ1) is 21.5. The zero-order valence-electron chi connectivity index (χ0n) is 25.1. The lowest BCUT2D eigenvalue weighted by atomic mass is 10.1. The lowest BCUT2D eigenvalue weighted by Crippen LogP contribution is -2.38. The fourth-order valence-corrected chi connectivity index (χ4v) is 4.65. The number of hydrogen-bond donors (Lipinski definition) is 2. The molecule has 0 spiro atoms. The number of nitrogens with one attached hydrogen (secondary N) is 1. The molecule has 4 aromatic carbocycles. The maximum atomic E-state index is 13.3. The van der Waals surface area contributed by atoms with Crippen LogP contribution >= 0.6 is 0 Å². The average molecular weight is 597 g/mol. The molecular formula is C36H40N2O6. The molecule has 0 radical (unpaired) electrons. The van der Waals surface area contributed by atoms with E-state index in [1.54, 1.807) is 11.8 Å². The number of aliphatic carboxylic acids is 1. The Morgan fingerprint density at radius 1 is 0.750 bits per heavy atom. The highest BCUT2D eigenvalue weighted by atomic mass is 16.5. The summed E-state index contributed by atoms with van der Waals surface area (Å²) < 4.78 is 17.1. The lowest BCUT2D eigenvalue weighted by Gasteiger charge is -2.23. The number of hydrogen-bond acceptors (Lipinski definition) is 5. The van der Waals surface area contributed by atoms with Crippen LogP contribution in [0.4, 0.5) is 10.5 Å². The summed E-state index contributed by atoms with van der Waals surface area (Å²) in [7, 11) is 0. The molecule has 230 valence electrons. The quantitative estimate of drug-likeness (QED) is 0.123. The van der Waals surface area contributed by atoms with Gasteiger partial charge in [0.2, 0.25) is 0 Å². The van der Waals surface area contributed by atoms with E-state index in [2.05, 4.69) is 17.4 Å². The van der Waals surface area contributed by atoms with Crippen molar-refractivity contribution in [3.63, 3.8) is 0 Å². The van der Waals surface area contributed by atoms with Crippen LogP contribution in [0.3, 0.4) is 0 Å². The van der Waals surface area contributed by atoms with Crippen molar-refractivity contribution in [1.29, 1.82) is 0 Å². The SMILES string of the molecule is CCOC(Cc1ccc(OCCN(CCCCc2ccccc2)C(=O)Nc2ccc(Oc3ccccc3)cc2)cc1)C(=O)O. The number of amides is 2. The molecule has 0 aliphatic heterocycles. The molecule has 0 heterocycles. The van der Waals surface area contributed by atoms with Crippen molar-refractivity contribution in [2.24, 2.45) is 0 Å². The topological polar surface area (TPSA) is 97.3 Å². The van der Waals surface area contributed by atoms with Gasteiger partial charge in [-0.15, -0.1) is 0 Å². The maximum Gasteiger partial charge on any atom is 0.333 e. The van der Waals surface area contributed by atoms with E-state index >= 15 is 0 Å². The fraction of sp³-hybridized carbons (Fsp3) is 0.278. The molecule has 0 aliphatic carbocycles. The average Bonchev–Trinajstić information content (AvgIpc) is 3.04. The van der Waals surface area contributed by atoms with Crippen LogP contribution in [0.1, 0.15) is 30.9 Å². The Hall–Kier alpha value is -4.82. The number of ether oxygens (including phenoxy) is 3. The minimum absolute atomic E-state index is 0.198. The van der Waals surface area contributed by atoms with E-state index in [1.807, 2.05) is 97.1 Å². The molecule has 4 rings (SSSR count). The van der Waals surface area contributed by atoms with Crippen molar-refractivity contribution in [2.45, 2.75) is 38.7 Å². The second kappa shape index (κ2) is 17.3. The van der Waals surface area contributed by atoms with Crippen LogP contribution in [-0.2, 0) is 22.4 Å². The molecule has 2 N–H and O–H groups in total. The summed E-state index contributed by atoms with van der Waals surface area (Å²) >= 11 is 0. The molecule has 4 aromatic rings. The zero-order chi connectivity index (χ0) is 31.0. The molecule has 0 fully saturated rings. The van der Waals surface area contributed by atoms with Gasteiger partial charge in [-0.25, -0.2) is 9.59 Å². The third kappa shape index (κ3) is 10.8. The summed E-state index contributed by atoms with van der Waals surface area (Å²) in [5.41, 5.74) is 2.80. The van der Waals surface area contributed by atoms with Crippen LogP contribution in [-0.4, -0.2) is 54.4 Å². The van der Waals surface area contributed by atoms with Crippen LogP contribution in [0.2, 0.25) is 0 Å². The second-order valence-corrected chi connectivity index (χ2v) is 10.3. The summed E-state index contributed by atoms with van der Waals surface area (Å²) in [6, 6.07) is 34.3. The zero-order valence-corrected chi connectivity index (χ0v) is 25.1. The number of rotatable bonds is 17. The first kappa shape index (κ1) is 32.1. The highest BCUT2D eigenvalue weighted by molar-refractivity contribution is 5.89. The van der Waals surface area contributed by atoms with E-state index in [4.69, 9.17) is 14.2 Å². The molecule has 44 heavy (non-hydrogen) atoms. The first-order valence-electron chi connectivity index (χ1n) is 15.0. The van der Waals surface area contributed by atoms with Crippen molar-refractivity contribution in [3.8, 4) is 17.2 Å². The van der Waals surface area contributed by atoms with Crippen molar-refractivity contribution in [1.82, 2.24) is 4.90 Å². The minimum atomic E-state index is -0.981. The van der Waals surface area contributed by atoms with E-state index in [-0.39, 0.29) is 12.5 Å². The summed E-state index contributed by atoms with van der Waals surface area (Å²) in [5, 5.41) is 12.3. The maximum absolute atomic E-state index is 13.3. The number of carboxylic acid groups (broad SMARTS) is 1. The second-order valence-electron chi connectivity index (χ2n) is 10.3. The summed E-state index contributed by atoms with van der Waals surface area (Å²) in [6.45, 7) is 3.41. The van der Waals surface area contributed by atoms with Gasteiger partial charge in [-0.1, -0.05) is 60.7 Å². The van der Waals surface area contributed by atoms with Crippen molar-refractivity contribution in [2.75, 3.05) is 31.6 Å². The van der Waals surface area contributed by atoms with E-state index in [1.165, 1.54) is 5.56 Å². The normalized spacial score (nSPS) is 11.4. The van der Waals surface area contributed by atoms with Gasteiger partial charge in [-0.3, -0.25) is 0 Å². The molecule has 0 saturated heterocycles. The van der Waals surface area contributed by atoms with Gasteiger partial charge < -0.3 is 29.5 Å². The summed E-state index contributed by atoms with van der Waals surface area (Å²) in [5.74, 6) is 1.10. The lowest BCUT2D eigenvalue weighted by molar-refractivity contribution is -0.149. The fourth-order valence-electron chi connectivity index (χ4n) is 4.65. The molecule has 8 nitrogen and oxygen atoms in total. The highest BCUT2D eigenvalue weighted by Gasteiger charge is 2.18. The van der Waals surface area contributed by atoms with Crippen LogP contribution in [0.15, 0.2) is 109 Å². The van der Waals surface area contributed by atoms with Crippen LogP contribution in [0, 0.1) is 0 Å². The van der Waals surface area contributed by atoms with E-state index in [0.29, 0.717) is 43.5 Å². The van der Waals surface area contributed by atoms with Crippen molar-refractivity contribution < 1.29 is 28.9 Å². The monoisotopic (exact) mass is 596 g/mol. The van der Waals surface area contributed by atoms with Gasteiger partial charge in [0.15, 0.2) is 6.10 Å². The summed E-state index contributed by atoms with van der Waals surface area (Å²) in [6.07, 6.45) is 2.16. The number of anilines is 1. The standard InChI is InChI=1S/C36H40N2O6/c1-2-42-34(35(39)40)27-29-16-20-31(21-17-29)43-26-25-38(24-10-9-13-28-11-5-3-6-12-28)36(41)37-30-18-22-33(23-19-30)44-32-14-7-4-8-15-32/h3-8,11-12,14-23,34H,2,9-10,13,24-27H2,1H3,(H,37,41)(H,39,40). The van der Waals surface area contributed by atoms with Gasteiger partial charge in [0.05, 0.1) is 6.54 Å². The molecule has 1 unspecified atom stereocenters. The first-order valence-corrected chi connectivity index (χ1v) is 15.0. The number of carbonyl (C=O) groups is 2. The van der Waals surface area contributed by atoms with E-state index in [0.717, 1.165) is 30.6 Å². The van der Waals surface area contributed by atoms with Gasteiger partial charge in [0.25, 0.3) is 0 Å². The van der Waals surface area contributed by atoms with Gasteiger partial charge >= 0.3 is 12.0 Å². The number of carbonyl (C=O) groups excluding carboxylic acids is 1. The molecule has 1 atom stereocenters. The Balaban J connectivity index is 1.31. The van der Waals surface area contributed by atoms with Crippen LogP contribution < -0.4 is 14.8 Å². The van der Waals surface area contributed by atoms with Crippen molar-refractivity contribution in [3.05, 3.63) is 120 Å². The predicted molar refractivity (Wildman–Crippen MR) is 172 cm³/mol. The number of nitrogens with zero attached hydrogens (tertiary/aromatic N) is 1. The molecule has 8 heteroatoms. The van der Waals surface area contributed by atoms with E-state index < -0.39 is 12.1 Å². The number of unbranched alkanes of at least 4 members (excludes halogenated alkanes) is 1. The molecule has 0 saturated carbocycles. The Bertz CT molecular complexity index is 1410. The van der Waals surface area contributed by atoms with Gasteiger partial charge in [-0.05, 0) is 85.8 Å². The highest BCUT2D eigenvalue weighted by Crippen LogP contribution is 2.23. The summed E-state index contributed by atoms with van der Waals surface area (Å²) in [4.78, 5) is 26.5. The molecule has 0 bridgehead atoms. The molecule has 0 aromatic heterocycles. The number of para-hydroxylation sites is 1. The third-order valence-electron chi connectivity index (χ3n) is 6.98. The Morgan fingerprint density at radius 3 is 2.05 bits per heavy atom. The minimum Gasteiger partial charge on any atom is -0.492 e. The van der Waals surface area contributed by atoms with Crippen LogP contribution in [0.5, 0.6) is 17.2 Å². The Morgan fingerprint density at radius 2 is 1.39 bits per heavy atom. The van der Waals surface area contributed by atoms with Crippen LogP contribution in [0.25, 0.3) is 0 Å². The Labute approximate surface area is 259 Å². The predicted octanol–water partition coefficient (Wildman–Crippen LogP) is 7.45. The molecule has 0 aliphatic rings. The van der Waals surface area contributed by atoms with Crippen molar-refractivity contribution >= 4 is 17.7 Å².